The van der Waals surface area contributed by atoms with Gasteiger partial charge in [0.15, 0.2) is 5.13 Å². The predicted octanol–water partition coefficient (Wildman–Crippen LogP) is 1.40. The topological polar surface area (TPSA) is 68.0 Å². The lowest BCUT2D eigenvalue weighted by Crippen LogP contribution is -2.32. The second-order valence-electron chi connectivity index (χ2n) is 3.53. The van der Waals surface area contributed by atoms with Crippen molar-refractivity contribution in [1.29, 1.82) is 0 Å². The largest absolute Gasteiger partial charge is 0.375 e. The van der Waals surface area contributed by atoms with Crippen LogP contribution in [-0.4, -0.2) is 16.9 Å². The van der Waals surface area contributed by atoms with E-state index in [1.165, 1.54) is 24.2 Å². The molecular weight excluding hydrogens is 198 g/mol. The molecule has 14 heavy (non-hydrogen) atoms. The van der Waals surface area contributed by atoms with Gasteiger partial charge in [0.1, 0.15) is 5.69 Å². The Hall–Kier alpha value is -1.10. The van der Waals surface area contributed by atoms with Gasteiger partial charge in [-0.05, 0) is 12.8 Å². The average molecular weight is 211 g/mol. The molecule has 5 heteroatoms. The van der Waals surface area contributed by atoms with E-state index >= 15 is 0 Å². The number of nitrogen functional groups attached to an aromatic ring is 1. The summed E-state index contributed by atoms with van der Waals surface area (Å²) in [5, 5.41) is 5.10. The van der Waals surface area contributed by atoms with Crippen LogP contribution in [0, 0.1) is 0 Å². The monoisotopic (exact) mass is 211 g/mol. The van der Waals surface area contributed by atoms with Crippen molar-refractivity contribution in [2.75, 3.05) is 5.73 Å². The molecule has 0 radical (unpaired) electrons. The molecule has 3 N–H and O–H groups in total. The SMILES string of the molecule is Nc1nc(C(=O)NC2CCCC2)cs1. The first-order valence-electron chi connectivity index (χ1n) is 4.77. The van der Waals surface area contributed by atoms with E-state index in [-0.39, 0.29) is 5.91 Å². The standard InChI is InChI=1S/C9H13N3OS/c10-9-12-7(5-14-9)8(13)11-6-3-1-2-4-6/h5-6H,1-4H2,(H2,10,12)(H,11,13). The summed E-state index contributed by atoms with van der Waals surface area (Å²) in [5.41, 5.74) is 5.90. The van der Waals surface area contributed by atoms with Crippen LogP contribution in [0.2, 0.25) is 0 Å². The van der Waals surface area contributed by atoms with Crippen molar-refractivity contribution in [2.24, 2.45) is 0 Å². The molecule has 1 aliphatic rings. The molecule has 0 spiro atoms. The number of rotatable bonds is 2. The van der Waals surface area contributed by atoms with Gasteiger partial charge in [-0.15, -0.1) is 11.3 Å². The zero-order valence-corrected chi connectivity index (χ0v) is 8.64. The van der Waals surface area contributed by atoms with E-state index in [9.17, 15) is 4.79 Å². The summed E-state index contributed by atoms with van der Waals surface area (Å²) in [6.07, 6.45) is 4.60. The molecule has 0 bridgehead atoms. The molecule has 76 valence electrons. The Morgan fingerprint density at radius 3 is 2.86 bits per heavy atom. The van der Waals surface area contributed by atoms with Crippen LogP contribution in [0.3, 0.4) is 0 Å². The number of aromatic nitrogens is 1. The van der Waals surface area contributed by atoms with Crippen LogP contribution in [0.4, 0.5) is 5.13 Å². The van der Waals surface area contributed by atoms with E-state index in [0.717, 1.165) is 12.8 Å². The number of amides is 1. The van der Waals surface area contributed by atoms with Crippen molar-refractivity contribution in [1.82, 2.24) is 10.3 Å². The van der Waals surface area contributed by atoms with Crippen molar-refractivity contribution >= 4 is 22.4 Å². The van der Waals surface area contributed by atoms with Gasteiger partial charge in [-0.2, -0.15) is 0 Å². The number of hydrogen-bond acceptors (Lipinski definition) is 4. The molecule has 0 unspecified atom stereocenters. The Balaban J connectivity index is 1.95. The molecule has 0 saturated heterocycles. The Morgan fingerprint density at radius 1 is 1.57 bits per heavy atom. The third kappa shape index (κ3) is 2.04. The maximum Gasteiger partial charge on any atom is 0.271 e. The maximum absolute atomic E-state index is 11.6. The zero-order chi connectivity index (χ0) is 9.97. The molecule has 2 rings (SSSR count). The van der Waals surface area contributed by atoms with E-state index in [4.69, 9.17) is 5.73 Å². The number of nitrogens with two attached hydrogens (primary N) is 1. The summed E-state index contributed by atoms with van der Waals surface area (Å²) in [7, 11) is 0. The second-order valence-corrected chi connectivity index (χ2v) is 4.42. The molecule has 0 aliphatic heterocycles. The Bertz CT molecular complexity index is 331. The number of thiazole rings is 1. The number of carbonyl (C=O) groups excluding carboxylic acids is 1. The normalized spacial score (nSPS) is 17.1. The fourth-order valence-corrected chi connectivity index (χ4v) is 2.26. The molecule has 1 aromatic rings. The molecule has 1 fully saturated rings. The third-order valence-electron chi connectivity index (χ3n) is 2.44. The minimum atomic E-state index is -0.0927. The van der Waals surface area contributed by atoms with Crippen LogP contribution in [0.5, 0.6) is 0 Å². The van der Waals surface area contributed by atoms with Crippen LogP contribution >= 0.6 is 11.3 Å². The van der Waals surface area contributed by atoms with Crippen LogP contribution in [-0.2, 0) is 0 Å². The zero-order valence-electron chi connectivity index (χ0n) is 7.82. The van der Waals surface area contributed by atoms with Crippen molar-refractivity contribution in [3.8, 4) is 0 Å². The number of carbonyl (C=O) groups is 1. The van der Waals surface area contributed by atoms with E-state index in [1.807, 2.05) is 0 Å². The predicted molar refractivity (Wildman–Crippen MR) is 56.2 cm³/mol. The first-order valence-corrected chi connectivity index (χ1v) is 5.65. The highest BCUT2D eigenvalue weighted by atomic mass is 32.1. The Labute approximate surface area is 86.5 Å². The number of nitrogens with zero attached hydrogens (tertiary/aromatic N) is 1. The molecule has 1 aliphatic carbocycles. The van der Waals surface area contributed by atoms with Gasteiger partial charge in [0.2, 0.25) is 0 Å². The summed E-state index contributed by atoms with van der Waals surface area (Å²) >= 11 is 1.30. The number of nitrogens with one attached hydrogen (secondary N) is 1. The van der Waals surface area contributed by atoms with Crippen molar-refractivity contribution in [3.05, 3.63) is 11.1 Å². The molecule has 0 aromatic carbocycles. The van der Waals surface area contributed by atoms with Gasteiger partial charge in [-0.25, -0.2) is 4.98 Å². The summed E-state index contributed by atoms with van der Waals surface area (Å²) in [6, 6.07) is 0.338. The Kier molecular flexibility index (Phi) is 2.67. The lowest BCUT2D eigenvalue weighted by Gasteiger charge is -2.09. The minimum absolute atomic E-state index is 0.0927. The van der Waals surface area contributed by atoms with Gasteiger partial charge < -0.3 is 11.1 Å². The molecule has 4 nitrogen and oxygen atoms in total. The lowest BCUT2D eigenvalue weighted by atomic mass is 10.2. The maximum atomic E-state index is 11.6. The van der Waals surface area contributed by atoms with Gasteiger partial charge in [0, 0.05) is 11.4 Å². The second kappa shape index (κ2) is 3.96. The lowest BCUT2D eigenvalue weighted by molar-refractivity contribution is 0.0933. The molecule has 1 heterocycles. The third-order valence-corrected chi connectivity index (χ3v) is 3.12. The molecular formula is C9H13N3OS. The van der Waals surface area contributed by atoms with E-state index in [0.29, 0.717) is 16.9 Å². The minimum Gasteiger partial charge on any atom is -0.375 e. The van der Waals surface area contributed by atoms with Gasteiger partial charge in [0.25, 0.3) is 5.91 Å². The van der Waals surface area contributed by atoms with Gasteiger partial charge in [-0.1, -0.05) is 12.8 Å². The smallest absolute Gasteiger partial charge is 0.271 e. The Morgan fingerprint density at radius 2 is 2.29 bits per heavy atom. The highest BCUT2D eigenvalue weighted by Crippen LogP contribution is 2.18. The first kappa shape index (κ1) is 9.45. The fraction of sp³-hybridized carbons (Fsp3) is 0.556. The summed E-state index contributed by atoms with van der Waals surface area (Å²) in [4.78, 5) is 15.5. The highest BCUT2D eigenvalue weighted by Gasteiger charge is 2.18. The van der Waals surface area contributed by atoms with E-state index in [2.05, 4.69) is 10.3 Å². The summed E-state index contributed by atoms with van der Waals surface area (Å²) in [6.45, 7) is 0. The molecule has 0 atom stereocenters. The average Bonchev–Trinajstić information content (AvgIpc) is 2.75. The van der Waals surface area contributed by atoms with Crippen molar-refractivity contribution in [2.45, 2.75) is 31.7 Å². The van der Waals surface area contributed by atoms with E-state index in [1.54, 1.807) is 5.38 Å². The molecule has 1 amide bonds. The van der Waals surface area contributed by atoms with Crippen LogP contribution < -0.4 is 11.1 Å². The quantitative estimate of drug-likeness (QED) is 0.777. The van der Waals surface area contributed by atoms with Crippen LogP contribution in [0.25, 0.3) is 0 Å². The summed E-state index contributed by atoms with van der Waals surface area (Å²) < 4.78 is 0. The molecule has 1 aromatic heterocycles. The van der Waals surface area contributed by atoms with Gasteiger partial charge in [0.05, 0.1) is 0 Å². The highest BCUT2D eigenvalue weighted by molar-refractivity contribution is 7.13. The summed E-state index contributed by atoms with van der Waals surface area (Å²) in [5.74, 6) is -0.0927. The molecule has 1 saturated carbocycles. The van der Waals surface area contributed by atoms with Crippen LogP contribution in [0.1, 0.15) is 36.2 Å². The van der Waals surface area contributed by atoms with Gasteiger partial charge >= 0.3 is 0 Å². The number of hydrogen-bond donors (Lipinski definition) is 2. The van der Waals surface area contributed by atoms with Crippen molar-refractivity contribution < 1.29 is 4.79 Å². The van der Waals surface area contributed by atoms with E-state index < -0.39 is 0 Å². The van der Waals surface area contributed by atoms with Crippen LogP contribution in [0.15, 0.2) is 5.38 Å². The fourth-order valence-electron chi connectivity index (χ4n) is 1.72. The van der Waals surface area contributed by atoms with Gasteiger partial charge in [-0.3, -0.25) is 4.79 Å². The number of anilines is 1. The first-order chi connectivity index (χ1) is 6.75. The van der Waals surface area contributed by atoms with Crippen molar-refractivity contribution in [3.63, 3.8) is 0 Å².